The van der Waals surface area contributed by atoms with Gasteiger partial charge in [-0.05, 0) is 20.8 Å². The number of nitrogens with zero attached hydrogens (tertiary/aromatic N) is 4. The van der Waals surface area contributed by atoms with Gasteiger partial charge in [0.2, 0.25) is 0 Å². The van der Waals surface area contributed by atoms with Gasteiger partial charge >= 0.3 is 0 Å². The molecule has 0 radical (unpaired) electrons. The average molecular weight is 204 g/mol. The molecule has 80 valence electrons. The van der Waals surface area contributed by atoms with Gasteiger partial charge in [0.15, 0.2) is 0 Å². The molecule has 0 N–H and O–H groups in total. The SMILES string of the molecule is Cc1nccnc1N(CCC#N)C(C)C. The van der Waals surface area contributed by atoms with Crippen molar-refractivity contribution >= 4 is 5.82 Å². The number of rotatable bonds is 4. The lowest BCUT2D eigenvalue weighted by molar-refractivity contribution is 0.672. The Balaban J connectivity index is 2.90. The molecule has 0 spiro atoms. The van der Waals surface area contributed by atoms with Crippen LogP contribution in [-0.2, 0) is 0 Å². The van der Waals surface area contributed by atoms with Crippen molar-refractivity contribution < 1.29 is 0 Å². The molecule has 0 unspecified atom stereocenters. The zero-order valence-corrected chi connectivity index (χ0v) is 9.44. The topological polar surface area (TPSA) is 52.8 Å². The quantitative estimate of drug-likeness (QED) is 0.751. The molecule has 4 heteroatoms. The summed E-state index contributed by atoms with van der Waals surface area (Å²) in [6, 6.07) is 2.48. The van der Waals surface area contributed by atoms with Crippen molar-refractivity contribution in [1.29, 1.82) is 5.26 Å². The predicted molar refractivity (Wildman–Crippen MR) is 59.5 cm³/mol. The van der Waals surface area contributed by atoms with E-state index in [1.54, 1.807) is 12.4 Å². The number of aromatic nitrogens is 2. The minimum atomic E-state index is 0.328. The molecule has 1 rings (SSSR count). The molecule has 1 heterocycles. The maximum absolute atomic E-state index is 8.60. The molecule has 15 heavy (non-hydrogen) atoms. The molecule has 0 aliphatic heterocycles. The van der Waals surface area contributed by atoms with Crippen LogP contribution in [0.3, 0.4) is 0 Å². The summed E-state index contributed by atoms with van der Waals surface area (Å²) in [4.78, 5) is 10.6. The van der Waals surface area contributed by atoms with Gasteiger partial charge in [0, 0.05) is 25.0 Å². The van der Waals surface area contributed by atoms with E-state index in [2.05, 4.69) is 34.8 Å². The van der Waals surface area contributed by atoms with Crippen LogP contribution < -0.4 is 4.90 Å². The molecule has 1 aromatic rings. The maximum Gasteiger partial charge on any atom is 0.150 e. The van der Waals surface area contributed by atoms with Crippen LogP contribution in [0.1, 0.15) is 26.0 Å². The van der Waals surface area contributed by atoms with Gasteiger partial charge in [-0.1, -0.05) is 0 Å². The first kappa shape index (κ1) is 11.4. The summed E-state index contributed by atoms with van der Waals surface area (Å²) in [5, 5.41) is 8.60. The van der Waals surface area contributed by atoms with Crippen LogP contribution in [0.4, 0.5) is 5.82 Å². The van der Waals surface area contributed by atoms with Crippen molar-refractivity contribution in [3.8, 4) is 6.07 Å². The summed E-state index contributed by atoms with van der Waals surface area (Å²) < 4.78 is 0. The molecular formula is C11H16N4. The summed E-state index contributed by atoms with van der Waals surface area (Å²) >= 11 is 0. The second kappa shape index (κ2) is 5.30. The first-order chi connectivity index (χ1) is 7.16. The van der Waals surface area contributed by atoms with Crippen LogP contribution in [0.5, 0.6) is 0 Å². The standard InChI is InChI=1S/C11H16N4/c1-9(2)15(8-4-5-12)11-10(3)13-6-7-14-11/h6-7,9H,4,8H2,1-3H3. The highest BCUT2D eigenvalue weighted by Crippen LogP contribution is 2.16. The Labute approximate surface area is 90.6 Å². The van der Waals surface area contributed by atoms with E-state index in [1.807, 2.05) is 6.92 Å². The first-order valence-electron chi connectivity index (χ1n) is 5.08. The smallest absolute Gasteiger partial charge is 0.150 e. The molecule has 1 aromatic heterocycles. The molecule has 0 saturated carbocycles. The van der Waals surface area contributed by atoms with Gasteiger partial charge in [0.1, 0.15) is 5.82 Å². The van der Waals surface area contributed by atoms with Crippen molar-refractivity contribution in [1.82, 2.24) is 9.97 Å². The zero-order valence-electron chi connectivity index (χ0n) is 9.44. The third-order valence-corrected chi connectivity index (χ3v) is 2.22. The highest BCUT2D eigenvalue weighted by Gasteiger charge is 2.13. The van der Waals surface area contributed by atoms with Gasteiger partial charge in [-0.15, -0.1) is 0 Å². The van der Waals surface area contributed by atoms with E-state index in [0.29, 0.717) is 19.0 Å². The second-order valence-corrected chi connectivity index (χ2v) is 3.66. The minimum Gasteiger partial charge on any atom is -0.352 e. The molecule has 0 saturated heterocycles. The fourth-order valence-corrected chi connectivity index (χ4v) is 1.46. The van der Waals surface area contributed by atoms with E-state index in [0.717, 1.165) is 11.5 Å². The summed E-state index contributed by atoms with van der Waals surface area (Å²) in [6.45, 7) is 6.81. The van der Waals surface area contributed by atoms with Gasteiger partial charge in [0.25, 0.3) is 0 Å². The third-order valence-electron chi connectivity index (χ3n) is 2.22. The summed E-state index contributed by atoms with van der Waals surface area (Å²) in [6.07, 6.45) is 3.87. The second-order valence-electron chi connectivity index (χ2n) is 3.66. The molecule has 0 atom stereocenters. The highest BCUT2D eigenvalue weighted by atomic mass is 15.2. The van der Waals surface area contributed by atoms with E-state index >= 15 is 0 Å². The number of hydrogen-bond donors (Lipinski definition) is 0. The van der Waals surface area contributed by atoms with Gasteiger partial charge in [-0.3, -0.25) is 4.98 Å². The fourth-order valence-electron chi connectivity index (χ4n) is 1.46. The molecule has 0 amide bonds. The van der Waals surface area contributed by atoms with Crippen LogP contribution in [0.2, 0.25) is 0 Å². The van der Waals surface area contributed by atoms with Crippen LogP contribution in [0, 0.1) is 18.3 Å². The third kappa shape index (κ3) is 2.91. The lowest BCUT2D eigenvalue weighted by Gasteiger charge is -2.27. The van der Waals surface area contributed by atoms with Crippen LogP contribution in [-0.4, -0.2) is 22.6 Å². The zero-order chi connectivity index (χ0) is 11.3. The average Bonchev–Trinajstić information content (AvgIpc) is 2.20. The largest absolute Gasteiger partial charge is 0.352 e. The van der Waals surface area contributed by atoms with Crippen molar-refractivity contribution in [2.45, 2.75) is 33.2 Å². The molecular weight excluding hydrogens is 188 g/mol. The van der Waals surface area contributed by atoms with Gasteiger partial charge in [-0.2, -0.15) is 5.26 Å². The minimum absolute atomic E-state index is 0.328. The molecule has 0 aliphatic carbocycles. The van der Waals surface area contributed by atoms with E-state index < -0.39 is 0 Å². The summed E-state index contributed by atoms with van der Waals surface area (Å²) in [5.41, 5.74) is 0.907. The van der Waals surface area contributed by atoms with Gasteiger partial charge in [0.05, 0.1) is 18.2 Å². The van der Waals surface area contributed by atoms with E-state index in [9.17, 15) is 0 Å². The normalized spacial score (nSPS) is 10.1. The van der Waals surface area contributed by atoms with Crippen molar-refractivity contribution in [2.24, 2.45) is 0 Å². The number of anilines is 1. The Morgan fingerprint density at radius 3 is 2.60 bits per heavy atom. The molecule has 0 bridgehead atoms. The van der Waals surface area contributed by atoms with Gasteiger partial charge < -0.3 is 4.90 Å². The Morgan fingerprint density at radius 2 is 2.07 bits per heavy atom. The Hall–Kier alpha value is -1.63. The number of nitriles is 1. The monoisotopic (exact) mass is 204 g/mol. The Bertz CT molecular complexity index is 354. The first-order valence-corrected chi connectivity index (χ1v) is 5.08. The molecule has 0 aromatic carbocycles. The predicted octanol–water partition coefficient (Wildman–Crippen LogP) is 1.91. The lowest BCUT2D eigenvalue weighted by Crippen LogP contribution is -2.33. The van der Waals surface area contributed by atoms with Crippen molar-refractivity contribution in [3.63, 3.8) is 0 Å². The highest BCUT2D eigenvalue weighted by molar-refractivity contribution is 5.43. The number of hydrogen-bond acceptors (Lipinski definition) is 4. The van der Waals surface area contributed by atoms with Crippen LogP contribution in [0.25, 0.3) is 0 Å². The van der Waals surface area contributed by atoms with E-state index in [-0.39, 0.29) is 0 Å². The molecule has 0 aliphatic rings. The lowest BCUT2D eigenvalue weighted by atomic mass is 10.2. The van der Waals surface area contributed by atoms with Crippen molar-refractivity contribution in [2.75, 3.05) is 11.4 Å². The van der Waals surface area contributed by atoms with Crippen molar-refractivity contribution in [3.05, 3.63) is 18.1 Å². The summed E-state index contributed by atoms with van der Waals surface area (Å²) in [5.74, 6) is 0.878. The van der Waals surface area contributed by atoms with Crippen LogP contribution in [0.15, 0.2) is 12.4 Å². The van der Waals surface area contributed by atoms with E-state index in [4.69, 9.17) is 5.26 Å². The van der Waals surface area contributed by atoms with Gasteiger partial charge in [-0.25, -0.2) is 4.98 Å². The Morgan fingerprint density at radius 1 is 1.40 bits per heavy atom. The molecule has 4 nitrogen and oxygen atoms in total. The summed E-state index contributed by atoms with van der Waals surface area (Å²) in [7, 11) is 0. The molecule has 0 fully saturated rings. The Kier molecular flexibility index (Phi) is 4.04. The number of aryl methyl sites for hydroxylation is 1. The maximum atomic E-state index is 8.60. The van der Waals surface area contributed by atoms with Crippen LogP contribution >= 0.6 is 0 Å². The van der Waals surface area contributed by atoms with E-state index in [1.165, 1.54) is 0 Å². The fraction of sp³-hybridized carbons (Fsp3) is 0.545.